The van der Waals surface area contributed by atoms with E-state index in [2.05, 4.69) is 0 Å². The van der Waals surface area contributed by atoms with E-state index in [4.69, 9.17) is 25.8 Å². The van der Waals surface area contributed by atoms with Crippen LogP contribution in [0.25, 0.3) is 0 Å². The Hall–Kier alpha value is -1.75. The van der Waals surface area contributed by atoms with Crippen LogP contribution in [-0.2, 0) is 15.9 Å². The van der Waals surface area contributed by atoms with E-state index in [9.17, 15) is 25.5 Å². The molecule has 0 bridgehead atoms. The van der Waals surface area contributed by atoms with Gasteiger partial charge in [-0.05, 0) is 41.3 Å². The van der Waals surface area contributed by atoms with Gasteiger partial charge in [0.25, 0.3) is 0 Å². The van der Waals surface area contributed by atoms with Crippen molar-refractivity contribution in [1.82, 2.24) is 0 Å². The molecule has 180 valence electrons. The van der Waals surface area contributed by atoms with Crippen molar-refractivity contribution in [2.24, 2.45) is 0 Å². The highest BCUT2D eigenvalue weighted by Crippen LogP contribution is 2.34. The molecule has 0 spiro atoms. The molecule has 5 N–H and O–H groups in total. The first-order valence-corrected chi connectivity index (χ1v) is 11.4. The van der Waals surface area contributed by atoms with Gasteiger partial charge in [0, 0.05) is 18.1 Å². The Labute approximate surface area is 196 Å². The Morgan fingerprint density at radius 1 is 0.970 bits per heavy atom. The van der Waals surface area contributed by atoms with Crippen LogP contribution in [0.4, 0.5) is 0 Å². The molecule has 2 aromatic carbocycles. The summed E-state index contributed by atoms with van der Waals surface area (Å²) >= 11 is 6.41. The smallest absolute Gasteiger partial charge is 0.148 e. The van der Waals surface area contributed by atoms with Crippen molar-refractivity contribution < 1.29 is 39.7 Å². The minimum atomic E-state index is -1.44. The largest absolute Gasteiger partial charge is 0.485 e. The molecule has 2 aliphatic rings. The Morgan fingerprint density at radius 2 is 1.73 bits per heavy atom. The van der Waals surface area contributed by atoms with Crippen molar-refractivity contribution >= 4 is 11.6 Å². The second kappa shape index (κ2) is 10.7. The normalized spacial score (nSPS) is 32.5. The average Bonchev–Trinajstić information content (AvgIpc) is 2.82. The van der Waals surface area contributed by atoms with Crippen molar-refractivity contribution in [2.75, 3.05) is 19.8 Å². The molecule has 8 nitrogen and oxygen atoms in total. The first-order chi connectivity index (χ1) is 15.9. The zero-order valence-corrected chi connectivity index (χ0v) is 18.7. The van der Waals surface area contributed by atoms with Crippen molar-refractivity contribution in [3.05, 3.63) is 64.2 Å². The fourth-order valence-electron chi connectivity index (χ4n) is 4.18. The third kappa shape index (κ3) is 5.50. The lowest BCUT2D eigenvalue weighted by Crippen LogP contribution is -2.55. The summed E-state index contributed by atoms with van der Waals surface area (Å²) in [4.78, 5) is 0. The molecule has 2 saturated heterocycles. The first-order valence-electron chi connectivity index (χ1n) is 11.0. The molecule has 33 heavy (non-hydrogen) atoms. The number of hydrogen-bond acceptors (Lipinski definition) is 8. The number of aliphatic hydroxyl groups excluding tert-OH is 5. The average molecular weight is 481 g/mol. The highest BCUT2D eigenvalue weighted by molar-refractivity contribution is 6.31. The highest BCUT2D eigenvalue weighted by atomic mass is 35.5. The van der Waals surface area contributed by atoms with Crippen LogP contribution in [0.5, 0.6) is 5.75 Å². The molecule has 2 fully saturated rings. The van der Waals surface area contributed by atoms with Crippen LogP contribution in [0, 0.1) is 0 Å². The molecule has 4 rings (SSSR count). The molecule has 7 atom stereocenters. The van der Waals surface area contributed by atoms with Crippen LogP contribution in [0.2, 0.25) is 5.02 Å². The van der Waals surface area contributed by atoms with Gasteiger partial charge in [-0.1, -0.05) is 35.9 Å². The van der Waals surface area contributed by atoms with Crippen LogP contribution in [0.15, 0.2) is 42.5 Å². The molecule has 0 amide bonds. The topological polar surface area (TPSA) is 129 Å². The van der Waals surface area contributed by atoms with E-state index < -0.39 is 49.3 Å². The lowest BCUT2D eigenvalue weighted by molar-refractivity contribution is -0.231. The third-order valence-electron chi connectivity index (χ3n) is 6.17. The van der Waals surface area contributed by atoms with Crippen LogP contribution < -0.4 is 4.74 Å². The Bertz CT molecular complexity index is 921. The summed E-state index contributed by atoms with van der Waals surface area (Å²) in [6, 6.07) is 12.6. The number of ether oxygens (including phenoxy) is 3. The third-order valence-corrected chi connectivity index (χ3v) is 6.53. The fraction of sp³-hybridized carbons (Fsp3) is 0.500. The minimum absolute atomic E-state index is 0.350. The van der Waals surface area contributed by atoms with Crippen LogP contribution >= 0.6 is 11.6 Å². The van der Waals surface area contributed by atoms with Crippen LogP contribution in [0.1, 0.15) is 29.2 Å². The van der Waals surface area contributed by atoms with Crippen molar-refractivity contribution in [3.63, 3.8) is 0 Å². The molecule has 0 aromatic heterocycles. The van der Waals surface area contributed by atoms with E-state index in [1.807, 2.05) is 24.3 Å². The molecule has 2 aliphatic heterocycles. The summed E-state index contributed by atoms with van der Waals surface area (Å²) in [6.45, 7) is 0.395. The maximum atomic E-state index is 10.4. The number of hydrogen-bond donors (Lipinski definition) is 5. The van der Waals surface area contributed by atoms with Crippen molar-refractivity contribution in [1.29, 1.82) is 0 Å². The number of benzene rings is 2. The van der Waals surface area contributed by atoms with Crippen LogP contribution in [-0.4, -0.2) is 82.0 Å². The van der Waals surface area contributed by atoms with E-state index in [0.29, 0.717) is 42.4 Å². The summed E-state index contributed by atoms with van der Waals surface area (Å²) in [6.07, 6.45) is -6.00. The molecule has 0 radical (unpaired) electrons. The molecular weight excluding hydrogens is 452 g/mol. The van der Waals surface area contributed by atoms with Crippen LogP contribution in [0.3, 0.4) is 0 Å². The number of aliphatic hydroxyl groups is 5. The molecule has 9 heteroatoms. The summed E-state index contributed by atoms with van der Waals surface area (Å²) in [5.41, 5.74) is 2.34. The van der Waals surface area contributed by atoms with Gasteiger partial charge in [-0.25, -0.2) is 0 Å². The molecule has 0 aliphatic carbocycles. The summed E-state index contributed by atoms with van der Waals surface area (Å²) < 4.78 is 16.9. The quantitative estimate of drug-likeness (QED) is 0.414. The highest BCUT2D eigenvalue weighted by Gasteiger charge is 2.44. The molecule has 0 saturated carbocycles. The van der Waals surface area contributed by atoms with Gasteiger partial charge in [0.2, 0.25) is 0 Å². The van der Waals surface area contributed by atoms with Crippen molar-refractivity contribution in [2.45, 2.75) is 55.6 Å². The van der Waals surface area contributed by atoms with E-state index in [0.717, 1.165) is 11.1 Å². The Morgan fingerprint density at radius 3 is 2.42 bits per heavy atom. The Kier molecular flexibility index (Phi) is 7.88. The predicted octanol–water partition coefficient (Wildman–Crippen LogP) is 0.974. The van der Waals surface area contributed by atoms with Gasteiger partial charge < -0.3 is 39.7 Å². The summed E-state index contributed by atoms with van der Waals surface area (Å²) in [7, 11) is 0. The molecular formula is C24H29ClO8. The number of rotatable bonds is 6. The summed E-state index contributed by atoms with van der Waals surface area (Å²) in [5, 5.41) is 50.5. The Balaban J connectivity index is 1.47. The second-order valence-electron chi connectivity index (χ2n) is 8.51. The predicted molar refractivity (Wildman–Crippen MR) is 119 cm³/mol. The minimum Gasteiger partial charge on any atom is -0.485 e. The van der Waals surface area contributed by atoms with Gasteiger partial charge in [-0.15, -0.1) is 0 Å². The van der Waals surface area contributed by atoms with Crippen molar-refractivity contribution in [3.8, 4) is 5.75 Å². The monoisotopic (exact) mass is 480 g/mol. The van der Waals surface area contributed by atoms with Gasteiger partial charge in [-0.2, -0.15) is 0 Å². The maximum absolute atomic E-state index is 10.4. The molecule has 2 heterocycles. The van der Waals surface area contributed by atoms with Gasteiger partial charge in [-0.3, -0.25) is 0 Å². The zero-order valence-electron chi connectivity index (χ0n) is 18.0. The lowest BCUT2D eigenvalue weighted by atomic mass is 9.90. The zero-order chi connectivity index (χ0) is 23.5. The van der Waals surface area contributed by atoms with Gasteiger partial charge >= 0.3 is 0 Å². The fourth-order valence-corrected chi connectivity index (χ4v) is 4.36. The molecule has 3 unspecified atom stereocenters. The van der Waals surface area contributed by atoms with E-state index in [-0.39, 0.29) is 0 Å². The standard InChI is InChI=1S/C24H29ClO8/c25-17-6-3-14(24-23(30)22(29)21(28)19(11-26)33-24)10-15(17)9-13-1-4-16(5-2-13)32-20-12-31-8-7-18(20)27/h1-6,10,18-24,26-30H,7-9,11-12H2/t18?,19-,20?,21-,22?,23-,24+/m1/s1. The van der Waals surface area contributed by atoms with Gasteiger partial charge in [0.15, 0.2) is 0 Å². The first kappa shape index (κ1) is 24.4. The van der Waals surface area contributed by atoms with E-state index in [1.54, 1.807) is 18.2 Å². The van der Waals surface area contributed by atoms with Gasteiger partial charge in [0.1, 0.15) is 42.4 Å². The van der Waals surface area contributed by atoms with E-state index >= 15 is 0 Å². The lowest BCUT2D eigenvalue weighted by Gasteiger charge is -2.40. The second-order valence-corrected chi connectivity index (χ2v) is 8.92. The maximum Gasteiger partial charge on any atom is 0.148 e. The molecule has 2 aromatic rings. The van der Waals surface area contributed by atoms with Gasteiger partial charge in [0.05, 0.1) is 19.3 Å². The van der Waals surface area contributed by atoms with E-state index in [1.165, 1.54) is 0 Å². The summed E-state index contributed by atoms with van der Waals surface area (Å²) in [5.74, 6) is 0.634. The number of halogens is 1. The SMILES string of the molecule is OC[C@H]1O[C@@H](c2ccc(Cl)c(Cc3ccc(OC4COCCC4O)cc3)c2)[C@H](O)C(O)[C@@H]1O.